The second kappa shape index (κ2) is 7.92. The minimum absolute atomic E-state index is 0.0110. The van der Waals surface area contributed by atoms with Gasteiger partial charge in [0.05, 0.1) is 0 Å². The minimum Gasteiger partial charge on any atom is -0.491 e. The van der Waals surface area contributed by atoms with Crippen LogP contribution in [0.1, 0.15) is 41.0 Å². The van der Waals surface area contributed by atoms with Gasteiger partial charge in [-0.1, -0.05) is 18.2 Å². The van der Waals surface area contributed by atoms with E-state index in [1.165, 1.54) is 11.8 Å². The van der Waals surface area contributed by atoms with Gasteiger partial charge in [0.2, 0.25) is 0 Å². The van der Waals surface area contributed by atoms with Gasteiger partial charge in [0.1, 0.15) is 18.5 Å². The Hall–Kier alpha value is -1.69. The maximum atomic E-state index is 11.4. The molecule has 1 aliphatic heterocycles. The van der Waals surface area contributed by atoms with Gasteiger partial charge in [-0.3, -0.25) is 9.69 Å². The predicted octanol–water partition coefficient (Wildman–Crippen LogP) is 3.53. The molecule has 2 atom stereocenters. The van der Waals surface area contributed by atoms with Crippen molar-refractivity contribution >= 4 is 17.1 Å². The van der Waals surface area contributed by atoms with Crippen LogP contribution in [0.5, 0.6) is 5.75 Å². The number of benzene rings is 1. The van der Waals surface area contributed by atoms with Gasteiger partial charge < -0.3 is 9.84 Å². The van der Waals surface area contributed by atoms with Crippen molar-refractivity contribution in [1.29, 1.82) is 0 Å². The Labute approximate surface area is 146 Å². The Balaban J connectivity index is 1.53. The zero-order valence-electron chi connectivity index (χ0n) is 13.9. The van der Waals surface area contributed by atoms with E-state index in [0.717, 1.165) is 19.4 Å². The third-order valence-electron chi connectivity index (χ3n) is 4.36. The van der Waals surface area contributed by atoms with E-state index in [1.54, 1.807) is 29.5 Å². The van der Waals surface area contributed by atoms with Gasteiger partial charge in [-0.05, 0) is 49.9 Å². The molecule has 4 nitrogen and oxygen atoms in total. The summed E-state index contributed by atoms with van der Waals surface area (Å²) in [6.45, 7) is 3.38. The van der Waals surface area contributed by atoms with Crippen molar-refractivity contribution in [2.75, 3.05) is 19.7 Å². The van der Waals surface area contributed by atoms with E-state index >= 15 is 0 Å². The highest BCUT2D eigenvalue weighted by molar-refractivity contribution is 7.10. The Morgan fingerprint density at radius 2 is 2.29 bits per heavy atom. The highest BCUT2D eigenvalue weighted by Crippen LogP contribution is 2.34. The molecular formula is C19H23NO3S. The van der Waals surface area contributed by atoms with Crippen molar-refractivity contribution < 1.29 is 14.6 Å². The molecule has 0 bridgehead atoms. The number of aliphatic hydroxyl groups excluding tert-OH is 1. The Morgan fingerprint density at radius 3 is 3.04 bits per heavy atom. The number of β-amino-alcohol motifs (C(OH)–C–C–N with tert-alkyl or cyclic N) is 1. The number of hydrogen-bond donors (Lipinski definition) is 1. The first-order valence-electron chi connectivity index (χ1n) is 8.33. The molecule has 24 heavy (non-hydrogen) atoms. The van der Waals surface area contributed by atoms with Crippen molar-refractivity contribution in [3.05, 3.63) is 52.2 Å². The lowest BCUT2D eigenvalue weighted by Crippen LogP contribution is -2.35. The van der Waals surface area contributed by atoms with Crippen molar-refractivity contribution in [3.8, 4) is 5.75 Å². The number of thiophene rings is 1. The van der Waals surface area contributed by atoms with Crippen LogP contribution in [0.15, 0.2) is 41.8 Å². The number of nitrogens with zero attached hydrogens (tertiary/aromatic N) is 1. The van der Waals surface area contributed by atoms with Gasteiger partial charge >= 0.3 is 0 Å². The number of carbonyl (C=O) groups is 1. The summed E-state index contributed by atoms with van der Waals surface area (Å²) >= 11 is 1.78. The fourth-order valence-corrected chi connectivity index (χ4v) is 4.06. The summed E-state index contributed by atoms with van der Waals surface area (Å²) in [5, 5.41) is 12.4. The number of ether oxygens (including phenoxy) is 1. The molecule has 128 valence electrons. The molecule has 5 heteroatoms. The van der Waals surface area contributed by atoms with Crippen LogP contribution in [0.2, 0.25) is 0 Å². The normalized spacial score (nSPS) is 19.3. The molecule has 1 N–H and O–H groups in total. The van der Waals surface area contributed by atoms with Crippen LogP contribution in [0.4, 0.5) is 0 Å². The quantitative estimate of drug-likeness (QED) is 0.780. The number of rotatable bonds is 7. The van der Waals surface area contributed by atoms with E-state index in [1.807, 2.05) is 6.07 Å². The van der Waals surface area contributed by atoms with E-state index in [9.17, 15) is 9.90 Å². The van der Waals surface area contributed by atoms with E-state index in [-0.39, 0.29) is 12.4 Å². The zero-order chi connectivity index (χ0) is 16.9. The molecule has 1 aromatic carbocycles. The van der Waals surface area contributed by atoms with Gasteiger partial charge in [0, 0.05) is 23.0 Å². The fourth-order valence-electron chi connectivity index (χ4n) is 3.17. The lowest BCUT2D eigenvalue weighted by Gasteiger charge is -2.26. The highest BCUT2D eigenvalue weighted by Gasteiger charge is 2.28. The molecule has 1 saturated heterocycles. The summed E-state index contributed by atoms with van der Waals surface area (Å²) in [5.74, 6) is 0.634. The molecule has 0 unspecified atom stereocenters. The maximum Gasteiger partial charge on any atom is 0.159 e. The Kier molecular flexibility index (Phi) is 5.66. The molecule has 1 aliphatic rings. The number of hydrogen-bond acceptors (Lipinski definition) is 5. The van der Waals surface area contributed by atoms with Crippen LogP contribution in [0, 0.1) is 0 Å². The summed E-state index contributed by atoms with van der Waals surface area (Å²) in [4.78, 5) is 15.1. The molecule has 1 fully saturated rings. The number of likely N-dealkylation sites (tertiary alicyclic amines) is 1. The minimum atomic E-state index is -0.549. The first kappa shape index (κ1) is 17.1. The van der Waals surface area contributed by atoms with Gasteiger partial charge in [-0.25, -0.2) is 0 Å². The fraction of sp³-hybridized carbons (Fsp3) is 0.421. The van der Waals surface area contributed by atoms with E-state index in [2.05, 4.69) is 22.4 Å². The van der Waals surface area contributed by atoms with Crippen molar-refractivity contribution in [2.45, 2.75) is 31.9 Å². The Bertz CT molecular complexity index is 671. The van der Waals surface area contributed by atoms with Crippen LogP contribution in [-0.2, 0) is 0 Å². The summed E-state index contributed by atoms with van der Waals surface area (Å²) in [6.07, 6.45) is 1.76. The smallest absolute Gasteiger partial charge is 0.159 e. The van der Waals surface area contributed by atoms with Crippen molar-refractivity contribution in [1.82, 2.24) is 4.90 Å². The third kappa shape index (κ3) is 4.23. The topological polar surface area (TPSA) is 49.8 Å². The van der Waals surface area contributed by atoms with Crippen molar-refractivity contribution in [2.24, 2.45) is 0 Å². The first-order chi connectivity index (χ1) is 11.6. The molecule has 2 heterocycles. The SMILES string of the molecule is CC(=O)c1cccc(OC[C@@H](O)CN2CCC[C@H]2c2cccs2)c1. The zero-order valence-corrected chi connectivity index (χ0v) is 14.7. The molecule has 0 aliphatic carbocycles. The van der Waals surface area contributed by atoms with Crippen LogP contribution >= 0.6 is 11.3 Å². The standard InChI is InChI=1S/C19H23NO3S/c1-14(21)15-5-2-6-17(11-15)23-13-16(22)12-20-9-3-7-18(20)19-8-4-10-24-19/h2,4-6,8,10-11,16,18,22H,3,7,9,12-13H2,1H3/t16-,18-/m0/s1. The third-order valence-corrected chi connectivity index (χ3v) is 5.34. The van der Waals surface area contributed by atoms with Crippen molar-refractivity contribution in [3.63, 3.8) is 0 Å². The maximum absolute atomic E-state index is 11.4. The van der Waals surface area contributed by atoms with E-state index in [4.69, 9.17) is 4.74 Å². The van der Waals surface area contributed by atoms with Gasteiger partial charge in [0.25, 0.3) is 0 Å². The second-order valence-corrected chi connectivity index (χ2v) is 7.20. The molecule has 2 aromatic rings. The van der Waals surface area contributed by atoms with Crippen LogP contribution in [-0.4, -0.2) is 41.6 Å². The summed E-state index contributed by atoms with van der Waals surface area (Å²) in [7, 11) is 0. The molecule has 0 amide bonds. The lowest BCUT2D eigenvalue weighted by molar-refractivity contribution is 0.0642. The first-order valence-corrected chi connectivity index (χ1v) is 9.21. The van der Waals surface area contributed by atoms with Gasteiger partial charge in [-0.2, -0.15) is 0 Å². The van der Waals surface area contributed by atoms with Crippen LogP contribution in [0.25, 0.3) is 0 Å². The number of aliphatic hydroxyl groups is 1. The molecule has 1 aromatic heterocycles. The number of ketones is 1. The summed E-state index contributed by atoms with van der Waals surface area (Å²) < 4.78 is 5.67. The molecule has 0 radical (unpaired) electrons. The Morgan fingerprint density at radius 1 is 1.42 bits per heavy atom. The lowest BCUT2D eigenvalue weighted by atomic mass is 10.1. The highest BCUT2D eigenvalue weighted by atomic mass is 32.1. The van der Waals surface area contributed by atoms with Gasteiger partial charge in [-0.15, -0.1) is 11.3 Å². The average molecular weight is 345 g/mol. The monoisotopic (exact) mass is 345 g/mol. The number of carbonyl (C=O) groups excluding carboxylic acids is 1. The molecule has 0 spiro atoms. The summed E-state index contributed by atoms with van der Waals surface area (Å²) in [6, 6.07) is 11.8. The second-order valence-electron chi connectivity index (χ2n) is 6.22. The largest absolute Gasteiger partial charge is 0.491 e. The molecular weight excluding hydrogens is 322 g/mol. The number of Topliss-reactive ketones (excluding diaryl/α,β-unsaturated/α-hetero) is 1. The predicted molar refractivity (Wildman–Crippen MR) is 95.8 cm³/mol. The average Bonchev–Trinajstić information content (AvgIpc) is 3.24. The van der Waals surface area contributed by atoms with E-state index < -0.39 is 6.10 Å². The summed E-state index contributed by atoms with van der Waals surface area (Å²) in [5.41, 5.74) is 0.624. The molecule has 3 rings (SSSR count). The van der Waals surface area contributed by atoms with Gasteiger partial charge in [0.15, 0.2) is 5.78 Å². The van der Waals surface area contributed by atoms with Crippen LogP contribution < -0.4 is 4.74 Å². The van der Waals surface area contributed by atoms with E-state index in [0.29, 0.717) is 23.9 Å². The van der Waals surface area contributed by atoms with Crippen LogP contribution in [0.3, 0.4) is 0 Å². The molecule has 0 saturated carbocycles.